The van der Waals surface area contributed by atoms with Gasteiger partial charge in [0.2, 0.25) is 0 Å². The van der Waals surface area contributed by atoms with Crippen LogP contribution in [-0.4, -0.2) is 21.5 Å². The maximum atomic E-state index is 6.38. The van der Waals surface area contributed by atoms with Gasteiger partial charge in [0, 0.05) is 23.7 Å². The van der Waals surface area contributed by atoms with Crippen molar-refractivity contribution in [3.8, 4) is 11.1 Å². The lowest BCUT2D eigenvalue weighted by Crippen LogP contribution is -2.06. The van der Waals surface area contributed by atoms with Gasteiger partial charge in [-0.05, 0) is 52.0 Å². The number of halogens is 2. The van der Waals surface area contributed by atoms with Crippen LogP contribution in [0.25, 0.3) is 22.0 Å². The van der Waals surface area contributed by atoms with E-state index in [9.17, 15) is 0 Å². The van der Waals surface area contributed by atoms with Gasteiger partial charge in [-0.2, -0.15) is 0 Å². The molecule has 0 saturated heterocycles. The lowest BCUT2D eigenvalue weighted by Gasteiger charge is -2.11. The maximum absolute atomic E-state index is 6.38. The molecule has 0 amide bonds. The molecule has 1 aromatic carbocycles. The van der Waals surface area contributed by atoms with Gasteiger partial charge in [0.05, 0.1) is 10.5 Å². The van der Waals surface area contributed by atoms with E-state index in [0.717, 1.165) is 40.8 Å². The number of hydrogen-bond acceptors (Lipinski definition) is 4. The van der Waals surface area contributed by atoms with E-state index in [2.05, 4.69) is 56.1 Å². The SMILES string of the molecule is CC(C)CCNc1ncnc2ccc(-c3ccnc(Br)c3Cl)cc12. The highest BCUT2D eigenvalue weighted by Crippen LogP contribution is 2.34. The van der Waals surface area contributed by atoms with Crippen LogP contribution in [0.5, 0.6) is 0 Å². The third-order valence-electron chi connectivity index (χ3n) is 3.81. The Labute approximate surface area is 154 Å². The van der Waals surface area contributed by atoms with Crippen molar-refractivity contribution in [1.29, 1.82) is 0 Å². The van der Waals surface area contributed by atoms with Gasteiger partial charge in [-0.15, -0.1) is 0 Å². The lowest BCUT2D eigenvalue weighted by molar-refractivity contribution is 0.607. The number of nitrogens with zero attached hydrogens (tertiary/aromatic N) is 3. The second-order valence-corrected chi connectivity index (χ2v) is 7.16. The largest absolute Gasteiger partial charge is 0.369 e. The summed E-state index contributed by atoms with van der Waals surface area (Å²) in [5.41, 5.74) is 2.85. The van der Waals surface area contributed by atoms with Crippen molar-refractivity contribution >= 4 is 44.3 Å². The van der Waals surface area contributed by atoms with E-state index < -0.39 is 0 Å². The molecule has 2 aromatic heterocycles. The Kier molecular flexibility index (Phi) is 5.31. The molecular weight excluding hydrogens is 388 g/mol. The first-order chi connectivity index (χ1) is 11.6. The minimum absolute atomic E-state index is 0.600. The first-order valence-electron chi connectivity index (χ1n) is 7.85. The number of hydrogen-bond donors (Lipinski definition) is 1. The number of rotatable bonds is 5. The minimum atomic E-state index is 0.600. The molecule has 1 N–H and O–H groups in total. The van der Waals surface area contributed by atoms with E-state index in [4.69, 9.17) is 11.6 Å². The molecule has 0 radical (unpaired) electrons. The average molecular weight is 406 g/mol. The smallest absolute Gasteiger partial charge is 0.137 e. The molecule has 3 aromatic rings. The molecule has 2 heterocycles. The average Bonchev–Trinajstić information content (AvgIpc) is 2.57. The molecule has 0 saturated carbocycles. The summed E-state index contributed by atoms with van der Waals surface area (Å²) in [5, 5.41) is 5.01. The predicted molar refractivity (Wildman–Crippen MR) is 103 cm³/mol. The number of anilines is 1. The molecule has 0 aliphatic heterocycles. The van der Waals surface area contributed by atoms with E-state index in [1.807, 2.05) is 18.2 Å². The highest BCUT2D eigenvalue weighted by molar-refractivity contribution is 9.10. The molecule has 6 heteroatoms. The summed E-state index contributed by atoms with van der Waals surface area (Å²) >= 11 is 9.76. The van der Waals surface area contributed by atoms with Crippen LogP contribution in [0.4, 0.5) is 5.82 Å². The van der Waals surface area contributed by atoms with Crippen molar-refractivity contribution in [2.24, 2.45) is 5.92 Å². The van der Waals surface area contributed by atoms with Crippen molar-refractivity contribution in [2.45, 2.75) is 20.3 Å². The molecule has 0 atom stereocenters. The Morgan fingerprint density at radius 1 is 1.17 bits per heavy atom. The quantitative estimate of drug-likeness (QED) is 0.564. The molecule has 0 unspecified atom stereocenters. The van der Waals surface area contributed by atoms with Gasteiger partial charge < -0.3 is 5.32 Å². The maximum Gasteiger partial charge on any atom is 0.137 e. The third kappa shape index (κ3) is 3.68. The topological polar surface area (TPSA) is 50.7 Å². The van der Waals surface area contributed by atoms with Crippen LogP contribution in [0.3, 0.4) is 0 Å². The van der Waals surface area contributed by atoms with E-state index in [-0.39, 0.29) is 0 Å². The van der Waals surface area contributed by atoms with Crippen LogP contribution in [0.2, 0.25) is 5.02 Å². The standard InChI is InChI=1S/C18H18BrClN4/c1-11(2)5-7-22-18-14-9-12(3-4-15(14)23-10-24-18)13-6-8-21-17(19)16(13)20/h3-4,6,8-11H,5,7H2,1-2H3,(H,22,23,24). The van der Waals surface area contributed by atoms with Crippen LogP contribution in [0.15, 0.2) is 41.4 Å². The predicted octanol–water partition coefficient (Wildman–Crippen LogP) is 5.57. The van der Waals surface area contributed by atoms with E-state index in [0.29, 0.717) is 15.5 Å². The van der Waals surface area contributed by atoms with Crippen LogP contribution in [0, 0.1) is 5.92 Å². The van der Waals surface area contributed by atoms with Gasteiger partial charge in [0.1, 0.15) is 16.7 Å². The monoisotopic (exact) mass is 404 g/mol. The second-order valence-electron chi connectivity index (χ2n) is 6.03. The zero-order valence-corrected chi connectivity index (χ0v) is 15.9. The molecule has 0 aliphatic rings. The molecule has 0 aliphatic carbocycles. The number of benzene rings is 1. The Morgan fingerprint density at radius 2 is 2.00 bits per heavy atom. The molecular formula is C18H18BrClN4. The van der Waals surface area contributed by atoms with Crippen molar-refractivity contribution < 1.29 is 0 Å². The summed E-state index contributed by atoms with van der Waals surface area (Å²) in [6.45, 7) is 5.30. The number of pyridine rings is 1. The third-order valence-corrected chi connectivity index (χ3v) is 5.02. The highest BCUT2D eigenvalue weighted by atomic mass is 79.9. The first-order valence-corrected chi connectivity index (χ1v) is 9.02. The number of aromatic nitrogens is 3. The lowest BCUT2D eigenvalue weighted by atomic mass is 10.0. The number of fused-ring (bicyclic) bond motifs is 1. The van der Waals surface area contributed by atoms with Gasteiger partial charge in [-0.25, -0.2) is 15.0 Å². The minimum Gasteiger partial charge on any atom is -0.369 e. The summed E-state index contributed by atoms with van der Waals surface area (Å²) in [7, 11) is 0. The fourth-order valence-corrected chi connectivity index (χ4v) is 3.04. The number of nitrogens with one attached hydrogen (secondary N) is 1. The summed E-state index contributed by atoms with van der Waals surface area (Å²) in [5.74, 6) is 1.50. The first kappa shape index (κ1) is 17.1. The van der Waals surface area contributed by atoms with Crippen molar-refractivity contribution in [1.82, 2.24) is 15.0 Å². The fourth-order valence-electron chi connectivity index (χ4n) is 2.49. The molecule has 0 fully saturated rings. The van der Waals surface area contributed by atoms with E-state index in [1.54, 1.807) is 12.5 Å². The molecule has 0 bridgehead atoms. The zero-order chi connectivity index (χ0) is 17.1. The zero-order valence-electron chi connectivity index (χ0n) is 13.6. The Bertz CT molecular complexity index is 867. The van der Waals surface area contributed by atoms with Crippen molar-refractivity contribution in [3.63, 3.8) is 0 Å². The van der Waals surface area contributed by atoms with Crippen LogP contribution in [0.1, 0.15) is 20.3 Å². The normalized spacial score (nSPS) is 11.2. The molecule has 3 rings (SSSR count). The Balaban J connectivity index is 2.01. The van der Waals surface area contributed by atoms with Gasteiger partial charge in [-0.3, -0.25) is 0 Å². The van der Waals surface area contributed by atoms with E-state index >= 15 is 0 Å². The van der Waals surface area contributed by atoms with Crippen LogP contribution in [-0.2, 0) is 0 Å². The summed E-state index contributed by atoms with van der Waals surface area (Å²) < 4.78 is 0.640. The van der Waals surface area contributed by atoms with Gasteiger partial charge in [0.15, 0.2) is 0 Å². The van der Waals surface area contributed by atoms with Gasteiger partial charge >= 0.3 is 0 Å². The molecule has 24 heavy (non-hydrogen) atoms. The Morgan fingerprint density at radius 3 is 2.79 bits per heavy atom. The molecule has 4 nitrogen and oxygen atoms in total. The molecule has 0 spiro atoms. The summed E-state index contributed by atoms with van der Waals surface area (Å²) in [6.07, 6.45) is 4.42. The van der Waals surface area contributed by atoms with Gasteiger partial charge in [-0.1, -0.05) is 31.5 Å². The van der Waals surface area contributed by atoms with Crippen molar-refractivity contribution in [2.75, 3.05) is 11.9 Å². The van der Waals surface area contributed by atoms with Crippen LogP contribution >= 0.6 is 27.5 Å². The van der Waals surface area contributed by atoms with E-state index in [1.165, 1.54) is 0 Å². The summed E-state index contributed by atoms with van der Waals surface area (Å²) in [6, 6.07) is 7.98. The van der Waals surface area contributed by atoms with Crippen molar-refractivity contribution in [3.05, 3.63) is 46.4 Å². The summed E-state index contributed by atoms with van der Waals surface area (Å²) in [4.78, 5) is 12.9. The Hall–Kier alpha value is -1.72. The van der Waals surface area contributed by atoms with Gasteiger partial charge in [0.25, 0.3) is 0 Å². The molecule has 124 valence electrons. The highest BCUT2D eigenvalue weighted by Gasteiger charge is 2.10. The fraction of sp³-hybridized carbons (Fsp3) is 0.278. The van der Waals surface area contributed by atoms with Crippen LogP contribution < -0.4 is 5.32 Å². The second kappa shape index (κ2) is 7.45.